The first kappa shape index (κ1) is 17.1. The van der Waals surface area contributed by atoms with E-state index in [1.165, 1.54) is 4.90 Å². The molecule has 3 aliphatic heterocycles. The molecule has 26 heavy (non-hydrogen) atoms. The van der Waals surface area contributed by atoms with Gasteiger partial charge in [0, 0.05) is 25.8 Å². The van der Waals surface area contributed by atoms with Crippen LogP contribution in [0.4, 0.5) is 10.5 Å². The van der Waals surface area contributed by atoms with E-state index in [2.05, 4.69) is 10.6 Å². The summed E-state index contributed by atoms with van der Waals surface area (Å²) in [7, 11) is 1.66. The van der Waals surface area contributed by atoms with Crippen molar-refractivity contribution in [3.8, 4) is 5.75 Å². The minimum Gasteiger partial charge on any atom is -0.494 e. The molecule has 3 N–H and O–H groups in total. The van der Waals surface area contributed by atoms with Crippen molar-refractivity contribution in [3.05, 3.63) is 24.3 Å². The summed E-state index contributed by atoms with van der Waals surface area (Å²) in [6.07, 6.45) is -1.32. The second-order valence-electron chi connectivity index (χ2n) is 6.77. The number of likely N-dealkylation sites (N-methyl/N-ethyl adjacent to an activating group) is 1. The third-order valence-corrected chi connectivity index (χ3v) is 5.13. The Balaban J connectivity index is 1.63. The molecule has 3 amide bonds. The van der Waals surface area contributed by atoms with Gasteiger partial charge in [0.25, 0.3) is 0 Å². The maximum Gasteiger partial charge on any atom is 0.325 e. The van der Waals surface area contributed by atoms with Gasteiger partial charge in [-0.05, 0) is 31.2 Å². The predicted octanol–water partition coefficient (Wildman–Crippen LogP) is -0.669. The number of benzene rings is 1. The minimum absolute atomic E-state index is 0.287. The number of β-amino-alcohol motifs (C(OH)–C–C–N with tert-alkyl or cyclic N) is 1. The summed E-state index contributed by atoms with van der Waals surface area (Å²) in [6.45, 7) is 3.32. The second-order valence-corrected chi connectivity index (χ2v) is 6.77. The van der Waals surface area contributed by atoms with Gasteiger partial charge in [-0.2, -0.15) is 0 Å². The van der Waals surface area contributed by atoms with Gasteiger partial charge in [0.1, 0.15) is 24.2 Å². The molecule has 3 aliphatic rings. The van der Waals surface area contributed by atoms with Crippen LogP contribution in [0.15, 0.2) is 24.3 Å². The van der Waals surface area contributed by atoms with E-state index in [1.54, 1.807) is 7.05 Å². The SMILES string of the molecule is CCOc1ccc(N2CC(O)CN3C4C(=O)NC(=O)N(C)C4NC23)cc1. The smallest absolute Gasteiger partial charge is 0.325 e. The molecule has 4 rings (SSSR count). The first-order valence-corrected chi connectivity index (χ1v) is 8.76. The number of aliphatic hydroxyl groups is 1. The topological polar surface area (TPSA) is 97.4 Å². The average Bonchev–Trinajstić information content (AvgIpc) is 3.00. The van der Waals surface area contributed by atoms with Gasteiger partial charge in [-0.3, -0.25) is 20.3 Å². The average molecular weight is 361 g/mol. The highest BCUT2D eigenvalue weighted by Gasteiger charge is 2.54. The molecule has 9 nitrogen and oxygen atoms in total. The van der Waals surface area contributed by atoms with Crippen LogP contribution in [-0.4, -0.2) is 78.2 Å². The summed E-state index contributed by atoms with van der Waals surface area (Å²) in [5.41, 5.74) is 0.905. The Hall–Kier alpha value is -2.36. The van der Waals surface area contributed by atoms with E-state index < -0.39 is 24.3 Å². The summed E-state index contributed by atoms with van der Waals surface area (Å²) in [6, 6.07) is 6.67. The fourth-order valence-corrected chi connectivity index (χ4v) is 3.94. The highest BCUT2D eigenvalue weighted by Crippen LogP contribution is 2.31. The van der Waals surface area contributed by atoms with E-state index in [4.69, 9.17) is 4.74 Å². The van der Waals surface area contributed by atoms with Crippen molar-refractivity contribution in [1.29, 1.82) is 0 Å². The number of fused-ring (bicyclic) bond motifs is 3. The summed E-state index contributed by atoms with van der Waals surface area (Å²) in [4.78, 5) is 29.7. The zero-order chi connectivity index (χ0) is 18.4. The maximum absolute atomic E-state index is 12.4. The van der Waals surface area contributed by atoms with Gasteiger partial charge in [-0.15, -0.1) is 0 Å². The van der Waals surface area contributed by atoms with Crippen LogP contribution in [0.3, 0.4) is 0 Å². The van der Waals surface area contributed by atoms with Gasteiger partial charge in [-0.25, -0.2) is 4.79 Å². The maximum atomic E-state index is 12.4. The number of carbonyl (C=O) groups is 2. The van der Waals surface area contributed by atoms with Crippen LogP contribution < -0.4 is 20.3 Å². The van der Waals surface area contributed by atoms with E-state index in [-0.39, 0.29) is 12.2 Å². The van der Waals surface area contributed by atoms with Crippen LogP contribution >= 0.6 is 0 Å². The van der Waals surface area contributed by atoms with Crippen molar-refractivity contribution in [3.63, 3.8) is 0 Å². The van der Waals surface area contributed by atoms with E-state index in [9.17, 15) is 14.7 Å². The molecule has 0 saturated carbocycles. The normalized spacial score (nSPS) is 31.5. The number of rotatable bonds is 3. The molecule has 0 spiro atoms. The second kappa shape index (κ2) is 6.42. The van der Waals surface area contributed by atoms with Gasteiger partial charge in [0.15, 0.2) is 0 Å². The first-order chi connectivity index (χ1) is 12.5. The van der Waals surface area contributed by atoms with Gasteiger partial charge in [0.2, 0.25) is 5.91 Å². The zero-order valence-electron chi connectivity index (χ0n) is 14.8. The standard InChI is InChI=1S/C17H23N5O4/c1-3-26-12-6-4-10(5-7-12)21-8-11(23)9-22-13-14(18-16(21)22)20(2)17(25)19-15(13)24/h4-7,11,13-14,16,18,23H,3,8-9H2,1-2H3,(H,19,24,25). The predicted molar refractivity (Wildman–Crippen MR) is 93.5 cm³/mol. The van der Waals surface area contributed by atoms with Crippen LogP contribution in [0, 0.1) is 0 Å². The number of anilines is 1. The Labute approximate surface area is 151 Å². The van der Waals surface area contributed by atoms with Crippen molar-refractivity contribution in [2.24, 2.45) is 0 Å². The highest BCUT2D eigenvalue weighted by molar-refractivity contribution is 6.00. The molecule has 1 aromatic rings. The number of carbonyl (C=O) groups excluding carboxylic acids is 2. The van der Waals surface area contributed by atoms with Gasteiger partial charge < -0.3 is 19.6 Å². The lowest BCUT2D eigenvalue weighted by Gasteiger charge is -2.44. The molecule has 0 bridgehead atoms. The Kier molecular flexibility index (Phi) is 4.22. The fraction of sp³-hybridized carbons (Fsp3) is 0.529. The Morgan fingerprint density at radius 3 is 2.65 bits per heavy atom. The molecule has 9 heteroatoms. The quantitative estimate of drug-likeness (QED) is 0.657. The lowest BCUT2D eigenvalue weighted by atomic mass is 10.1. The minimum atomic E-state index is -0.603. The van der Waals surface area contributed by atoms with E-state index in [1.807, 2.05) is 41.0 Å². The molecule has 0 radical (unpaired) electrons. The fourth-order valence-electron chi connectivity index (χ4n) is 3.94. The zero-order valence-corrected chi connectivity index (χ0v) is 14.8. The molecule has 0 aliphatic carbocycles. The molecule has 1 aromatic carbocycles. The Bertz CT molecular complexity index is 712. The largest absolute Gasteiger partial charge is 0.494 e. The number of hydrogen-bond donors (Lipinski definition) is 3. The number of nitrogens with zero attached hydrogens (tertiary/aromatic N) is 3. The lowest BCUT2D eigenvalue weighted by molar-refractivity contribution is -0.128. The Morgan fingerprint density at radius 1 is 1.23 bits per heavy atom. The van der Waals surface area contributed by atoms with Crippen molar-refractivity contribution < 1.29 is 19.4 Å². The number of hydrogen-bond acceptors (Lipinski definition) is 7. The van der Waals surface area contributed by atoms with Crippen molar-refractivity contribution in [1.82, 2.24) is 20.4 Å². The van der Waals surface area contributed by atoms with Crippen LogP contribution in [0.5, 0.6) is 5.75 Å². The molecule has 4 unspecified atom stereocenters. The molecule has 4 atom stereocenters. The van der Waals surface area contributed by atoms with Crippen LogP contribution in [0.2, 0.25) is 0 Å². The van der Waals surface area contributed by atoms with Gasteiger partial charge in [0.05, 0.1) is 12.7 Å². The molecule has 3 heterocycles. The number of nitrogens with one attached hydrogen (secondary N) is 2. The van der Waals surface area contributed by atoms with Crippen LogP contribution in [-0.2, 0) is 4.79 Å². The van der Waals surface area contributed by atoms with Gasteiger partial charge in [-0.1, -0.05) is 0 Å². The van der Waals surface area contributed by atoms with E-state index in [0.717, 1.165) is 11.4 Å². The van der Waals surface area contributed by atoms with E-state index in [0.29, 0.717) is 19.7 Å². The Morgan fingerprint density at radius 2 is 1.96 bits per heavy atom. The van der Waals surface area contributed by atoms with Gasteiger partial charge >= 0.3 is 6.03 Å². The van der Waals surface area contributed by atoms with Crippen LogP contribution in [0.1, 0.15) is 6.92 Å². The van der Waals surface area contributed by atoms with Crippen molar-refractivity contribution >= 4 is 17.6 Å². The number of urea groups is 1. The third kappa shape index (κ3) is 2.68. The summed E-state index contributed by atoms with van der Waals surface area (Å²) in [5, 5.41) is 16.1. The number of aliphatic hydroxyl groups excluding tert-OH is 1. The molecular weight excluding hydrogens is 338 g/mol. The monoisotopic (exact) mass is 361 g/mol. The lowest BCUT2D eigenvalue weighted by Crippen LogP contribution is -2.66. The molecule has 140 valence electrons. The third-order valence-electron chi connectivity index (χ3n) is 5.13. The summed E-state index contributed by atoms with van der Waals surface area (Å²) < 4.78 is 5.48. The summed E-state index contributed by atoms with van der Waals surface area (Å²) >= 11 is 0. The molecule has 3 fully saturated rings. The molecule has 3 saturated heterocycles. The number of ether oxygens (including phenoxy) is 1. The van der Waals surface area contributed by atoms with Crippen molar-refractivity contribution in [2.75, 3.05) is 31.6 Å². The number of imide groups is 1. The highest BCUT2D eigenvalue weighted by atomic mass is 16.5. The van der Waals surface area contributed by atoms with Crippen LogP contribution in [0.25, 0.3) is 0 Å². The van der Waals surface area contributed by atoms with E-state index >= 15 is 0 Å². The number of amides is 3. The summed E-state index contributed by atoms with van der Waals surface area (Å²) in [5.74, 6) is 0.442. The molecule has 0 aromatic heterocycles. The molecular formula is C17H23N5O4. The first-order valence-electron chi connectivity index (χ1n) is 8.76. The van der Waals surface area contributed by atoms with Crippen molar-refractivity contribution in [2.45, 2.75) is 31.5 Å².